The van der Waals surface area contributed by atoms with Gasteiger partial charge in [-0.25, -0.2) is 0 Å². The molecule has 3 nitrogen and oxygen atoms in total. The molecule has 1 aromatic heterocycles. The summed E-state index contributed by atoms with van der Waals surface area (Å²) in [7, 11) is 4.24. The molecule has 0 saturated heterocycles. The first kappa shape index (κ1) is 15.6. The van der Waals surface area contributed by atoms with E-state index in [2.05, 4.69) is 65.1 Å². The van der Waals surface area contributed by atoms with Crippen molar-refractivity contribution in [1.82, 2.24) is 15.2 Å². The number of nitrogens with one attached hydrogen (secondary N) is 1. The highest BCUT2D eigenvalue weighted by atomic mass is 79.9. The molecular formula is C14H24BrN3. The minimum absolute atomic E-state index is 0.519. The fourth-order valence-corrected chi connectivity index (χ4v) is 2.23. The molecule has 1 N–H and O–H groups in total. The molecule has 0 bridgehead atoms. The Morgan fingerprint density at radius 1 is 1.33 bits per heavy atom. The molecule has 4 heteroatoms. The molecule has 1 heterocycles. The molecule has 102 valence electrons. The van der Waals surface area contributed by atoms with E-state index in [1.54, 1.807) is 0 Å². The Kier molecular flexibility index (Phi) is 6.82. The second kappa shape index (κ2) is 7.87. The third-order valence-corrected chi connectivity index (χ3v) is 3.17. The molecule has 1 rings (SSSR count). The van der Waals surface area contributed by atoms with Gasteiger partial charge in [0.2, 0.25) is 0 Å². The highest BCUT2D eigenvalue weighted by Crippen LogP contribution is 2.09. The molecule has 0 aromatic carbocycles. The van der Waals surface area contributed by atoms with Gasteiger partial charge in [-0.1, -0.05) is 13.8 Å². The average molecular weight is 314 g/mol. The first-order chi connectivity index (χ1) is 8.47. The summed E-state index contributed by atoms with van der Waals surface area (Å²) >= 11 is 3.40. The Balaban J connectivity index is 2.47. The average Bonchev–Trinajstić information content (AvgIpc) is 2.26. The van der Waals surface area contributed by atoms with Crippen molar-refractivity contribution < 1.29 is 0 Å². The minimum atomic E-state index is 0.519. The van der Waals surface area contributed by atoms with E-state index < -0.39 is 0 Å². The van der Waals surface area contributed by atoms with Crippen molar-refractivity contribution in [3.05, 3.63) is 28.5 Å². The van der Waals surface area contributed by atoms with E-state index in [1.807, 2.05) is 12.3 Å². The van der Waals surface area contributed by atoms with Gasteiger partial charge < -0.3 is 10.2 Å². The van der Waals surface area contributed by atoms with Crippen molar-refractivity contribution in [3.8, 4) is 0 Å². The third kappa shape index (κ3) is 6.47. The van der Waals surface area contributed by atoms with E-state index >= 15 is 0 Å². The molecule has 1 unspecified atom stereocenters. The maximum atomic E-state index is 4.39. The first-order valence-electron chi connectivity index (χ1n) is 6.46. The molecule has 0 aliphatic rings. The summed E-state index contributed by atoms with van der Waals surface area (Å²) in [5, 5.41) is 3.60. The van der Waals surface area contributed by atoms with Gasteiger partial charge in [-0.2, -0.15) is 0 Å². The number of nitrogens with zero attached hydrogens (tertiary/aromatic N) is 2. The molecule has 0 amide bonds. The van der Waals surface area contributed by atoms with Crippen LogP contribution in [0, 0.1) is 5.92 Å². The topological polar surface area (TPSA) is 28.2 Å². The van der Waals surface area contributed by atoms with E-state index in [0.29, 0.717) is 12.0 Å². The van der Waals surface area contributed by atoms with Gasteiger partial charge in [0, 0.05) is 29.8 Å². The van der Waals surface area contributed by atoms with Crippen LogP contribution in [-0.2, 0) is 6.54 Å². The lowest BCUT2D eigenvalue weighted by Crippen LogP contribution is -2.38. The standard InChI is InChI=1S/C14H24BrN3/c1-11(2)7-14(10-18(3)4)17-9-13-6-5-12(15)8-16-13/h5-6,8,11,14,17H,7,9-10H2,1-4H3. The van der Waals surface area contributed by atoms with Crippen molar-refractivity contribution in [2.45, 2.75) is 32.9 Å². The lowest BCUT2D eigenvalue weighted by molar-refractivity contribution is 0.304. The first-order valence-corrected chi connectivity index (χ1v) is 7.25. The van der Waals surface area contributed by atoms with Gasteiger partial charge in [-0.05, 0) is 54.5 Å². The van der Waals surface area contributed by atoms with Crippen LogP contribution < -0.4 is 5.32 Å². The molecule has 0 radical (unpaired) electrons. The smallest absolute Gasteiger partial charge is 0.0542 e. The van der Waals surface area contributed by atoms with Crippen molar-refractivity contribution in [1.29, 1.82) is 0 Å². The summed E-state index contributed by atoms with van der Waals surface area (Å²) in [6.45, 7) is 6.43. The minimum Gasteiger partial charge on any atom is -0.308 e. The number of pyridine rings is 1. The number of likely N-dealkylation sites (N-methyl/N-ethyl adjacent to an activating group) is 1. The summed E-state index contributed by atoms with van der Waals surface area (Å²) in [6.07, 6.45) is 3.04. The third-order valence-electron chi connectivity index (χ3n) is 2.70. The lowest BCUT2D eigenvalue weighted by atomic mass is 10.0. The van der Waals surface area contributed by atoms with Gasteiger partial charge in [0.15, 0.2) is 0 Å². The molecular weight excluding hydrogens is 290 g/mol. The zero-order valence-electron chi connectivity index (χ0n) is 11.8. The second-order valence-corrected chi connectivity index (χ2v) is 6.35. The maximum Gasteiger partial charge on any atom is 0.0542 e. The molecule has 1 aromatic rings. The molecule has 1 atom stereocenters. The van der Waals surface area contributed by atoms with Crippen LogP contribution in [-0.4, -0.2) is 36.6 Å². The predicted octanol–water partition coefficient (Wildman–Crippen LogP) is 2.91. The zero-order chi connectivity index (χ0) is 13.5. The quantitative estimate of drug-likeness (QED) is 0.839. The number of rotatable bonds is 7. The summed E-state index contributed by atoms with van der Waals surface area (Å²) in [4.78, 5) is 6.62. The second-order valence-electron chi connectivity index (χ2n) is 5.44. The van der Waals surface area contributed by atoms with Gasteiger partial charge in [0.25, 0.3) is 0 Å². The number of hydrogen-bond donors (Lipinski definition) is 1. The summed E-state index contributed by atoms with van der Waals surface area (Å²) in [6, 6.07) is 4.61. The van der Waals surface area contributed by atoms with Gasteiger partial charge in [-0.3, -0.25) is 4.98 Å². The fraction of sp³-hybridized carbons (Fsp3) is 0.643. The van der Waals surface area contributed by atoms with E-state index in [1.165, 1.54) is 6.42 Å². The largest absolute Gasteiger partial charge is 0.308 e. The van der Waals surface area contributed by atoms with Crippen molar-refractivity contribution in [3.63, 3.8) is 0 Å². The van der Waals surface area contributed by atoms with Gasteiger partial charge >= 0.3 is 0 Å². The number of aromatic nitrogens is 1. The van der Waals surface area contributed by atoms with E-state index in [0.717, 1.165) is 23.3 Å². The maximum absolute atomic E-state index is 4.39. The molecule has 0 saturated carbocycles. The molecule has 0 aliphatic heterocycles. The fourth-order valence-electron chi connectivity index (χ4n) is 1.99. The Bertz CT molecular complexity index is 325. The van der Waals surface area contributed by atoms with Crippen LogP contribution in [0.25, 0.3) is 0 Å². The number of hydrogen-bond acceptors (Lipinski definition) is 3. The van der Waals surface area contributed by atoms with Crippen LogP contribution in [0.5, 0.6) is 0 Å². The van der Waals surface area contributed by atoms with Crippen LogP contribution in [0.4, 0.5) is 0 Å². The van der Waals surface area contributed by atoms with Crippen molar-refractivity contribution >= 4 is 15.9 Å². The van der Waals surface area contributed by atoms with Crippen LogP contribution in [0.2, 0.25) is 0 Å². The van der Waals surface area contributed by atoms with Gasteiger partial charge in [-0.15, -0.1) is 0 Å². The Hall–Kier alpha value is -0.450. The molecule has 18 heavy (non-hydrogen) atoms. The molecule has 0 fully saturated rings. The Labute approximate surface area is 119 Å². The summed E-state index contributed by atoms with van der Waals surface area (Å²) in [5.74, 6) is 0.709. The number of halogens is 1. The van der Waals surface area contributed by atoms with Crippen LogP contribution in [0.3, 0.4) is 0 Å². The van der Waals surface area contributed by atoms with E-state index in [-0.39, 0.29) is 0 Å². The van der Waals surface area contributed by atoms with Crippen LogP contribution in [0.15, 0.2) is 22.8 Å². The van der Waals surface area contributed by atoms with Crippen molar-refractivity contribution in [2.24, 2.45) is 5.92 Å². The highest BCUT2D eigenvalue weighted by Gasteiger charge is 2.11. The highest BCUT2D eigenvalue weighted by molar-refractivity contribution is 9.10. The van der Waals surface area contributed by atoms with E-state index in [4.69, 9.17) is 0 Å². The normalized spacial score (nSPS) is 13.3. The van der Waals surface area contributed by atoms with Crippen molar-refractivity contribution in [2.75, 3.05) is 20.6 Å². The van der Waals surface area contributed by atoms with Gasteiger partial charge in [0.1, 0.15) is 0 Å². The predicted molar refractivity (Wildman–Crippen MR) is 80.6 cm³/mol. The summed E-state index contributed by atoms with van der Waals surface area (Å²) < 4.78 is 1.03. The van der Waals surface area contributed by atoms with E-state index in [9.17, 15) is 0 Å². The SMILES string of the molecule is CC(C)CC(CN(C)C)NCc1ccc(Br)cn1. The van der Waals surface area contributed by atoms with Gasteiger partial charge in [0.05, 0.1) is 5.69 Å². The Morgan fingerprint density at radius 3 is 2.56 bits per heavy atom. The zero-order valence-corrected chi connectivity index (χ0v) is 13.4. The lowest BCUT2D eigenvalue weighted by Gasteiger charge is -2.24. The van der Waals surface area contributed by atoms with Crippen LogP contribution >= 0.6 is 15.9 Å². The molecule has 0 aliphatic carbocycles. The summed E-state index contributed by atoms with van der Waals surface area (Å²) in [5.41, 5.74) is 1.09. The monoisotopic (exact) mass is 313 g/mol. The Morgan fingerprint density at radius 2 is 2.06 bits per heavy atom. The van der Waals surface area contributed by atoms with Crippen LogP contribution in [0.1, 0.15) is 26.0 Å². The molecule has 0 spiro atoms.